The topological polar surface area (TPSA) is 9.23 Å². The molecule has 1 unspecified atom stereocenters. The third-order valence-electron chi connectivity index (χ3n) is 2.70. The van der Waals surface area contributed by atoms with Crippen molar-refractivity contribution in [3.63, 3.8) is 0 Å². The monoisotopic (exact) mass is 240 g/mol. The summed E-state index contributed by atoms with van der Waals surface area (Å²) in [5, 5.41) is 2.13. The van der Waals surface area contributed by atoms with Gasteiger partial charge < -0.3 is 4.74 Å². The molecule has 1 rings (SSSR count). The van der Waals surface area contributed by atoms with Gasteiger partial charge in [0.05, 0.1) is 0 Å². The lowest BCUT2D eigenvalue weighted by Crippen LogP contribution is -2.28. The first kappa shape index (κ1) is 13.9. The summed E-state index contributed by atoms with van der Waals surface area (Å²) in [6.07, 6.45) is 6.75. The number of hydrogen-bond acceptors (Lipinski definition) is 1. The maximum absolute atomic E-state index is 5.56. The Labute approximate surface area is 102 Å². The van der Waals surface area contributed by atoms with E-state index < -0.39 is 0 Å². The first-order valence-electron chi connectivity index (χ1n) is 5.89. The van der Waals surface area contributed by atoms with Crippen molar-refractivity contribution in [1.82, 2.24) is 0 Å². The zero-order valence-electron chi connectivity index (χ0n) is 11.7. The summed E-state index contributed by atoms with van der Waals surface area (Å²) < 4.78 is 5.56. The molecule has 0 heterocycles. The van der Waals surface area contributed by atoms with Crippen LogP contribution < -0.4 is 0 Å². The highest BCUT2D eigenvalue weighted by atomic mass is 31.1. The number of allylic oxidation sites excluding steroid dienone is 2. The fourth-order valence-electron chi connectivity index (χ4n) is 2.63. The van der Waals surface area contributed by atoms with Crippen molar-refractivity contribution in [2.45, 2.75) is 58.0 Å². The smallest absolute Gasteiger partial charge is 0.101 e. The van der Waals surface area contributed by atoms with Gasteiger partial charge in [0.1, 0.15) is 6.10 Å². The van der Waals surface area contributed by atoms with Gasteiger partial charge in [-0.25, -0.2) is 0 Å². The molecule has 0 aromatic rings. The predicted octanol–water partition coefficient (Wildman–Crippen LogP) is 4.53. The first-order chi connectivity index (χ1) is 7.18. The summed E-state index contributed by atoms with van der Waals surface area (Å²) in [4.78, 5) is 0. The Balaban J connectivity index is 3.05. The number of ether oxygens (including phenoxy) is 1. The summed E-state index contributed by atoms with van der Waals surface area (Å²) in [6.45, 7) is 14.1. The largest absolute Gasteiger partial charge is 0.373 e. The Morgan fingerprint density at radius 3 is 1.94 bits per heavy atom. The Morgan fingerprint density at radius 1 is 1.06 bits per heavy atom. The van der Waals surface area contributed by atoms with Gasteiger partial charge in [-0.15, -0.1) is 0 Å². The maximum atomic E-state index is 5.56. The molecule has 0 radical (unpaired) electrons. The predicted molar refractivity (Wildman–Crippen MR) is 74.4 cm³/mol. The molecule has 0 aromatic heterocycles. The number of hydrogen-bond donors (Lipinski definition) is 0. The average molecular weight is 240 g/mol. The molecule has 1 aliphatic carbocycles. The molecule has 0 fully saturated rings. The number of methoxy groups -OCH3 is 1. The summed E-state index contributed by atoms with van der Waals surface area (Å²) in [6, 6.07) is 0. The minimum atomic E-state index is -0.215. The van der Waals surface area contributed by atoms with E-state index in [2.05, 4.69) is 59.8 Å². The maximum Gasteiger partial charge on any atom is 0.101 e. The quantitative estimate of drug-likeness (QED) is 0.644. The third-order valence-corrected chi connectivity index (χ3v) is 6.30. The van der Waals surface area contributed by atoms with Crippen LogP contribution >= 0.6 is 7.92 Å². The SMILES string of the molecule is COC1C=CC=C1P(C(C)(C)C)C(C)(C)C. The van der Waals surface area contributed by atoms with E-state index in [0.717, 1.165) is 0 Å². The zero-order valence-corrected chi connectivity index (χ0v) is 12.6. The lowest BCUT2D eigenvalue weighted by Gasteiger charge is -2.43. The highest BCUT2D eigenvalue weighted by Crippen LogP contribution is 2.66. The van der Waals surface area contributed by atoms with Gasteiger partial charge in [-0.1, -0.05) is 67.7 Å². The summed E-state index contributed by atoms with van der Waals surface area (Å²) in [5.41, 5.74) is 0. The second-order valence-corrected chi connectivity index (χ2v) is 10.2. The van der Waals surface area contributed by atoms with Crippen molar-refractivity contribution in [3.8, 4) is 0 Å². The van der Waals surface area contributed by atoms with E-state index in [0.29, 0.717) is 10.3 Å². The van der Waals surface area contributed by atoms with Gasteiger partial charge in [0.25, 0.3) is 0 Å². The van der Waals surface area contributed by atoms with Crippen LogP contribution in [0.5, 0.6) is 0 Å². The molecule has 0 bridgehead atoms. The zero-order chi connectivity index (χ0) is 12.6. The average Bonchev–Trinajstić information content (AvgIpc) is 2.46. The van der Waals surface area contributed by atoms with Crippen molar-refractivity contribution in [3.05, 3.63) is 23.5 Å². The number of rotatable bonds is 2. The van der Waals surface area contributed by atoms with E-state index in [1.54, 1.807) is 7.11 Å². The molecule has 92 valence electrons. The molecule has 0 saturated carbocycles. The van der Waals surface area contributed by atoms with Gasteiger partial charge in [-0.05, 0) is 15.6 Å². The Hall–Kier alpha value is -0.130. The molecule has 1 nitrogen and oxygen atoms in total. The minimum absolute atomic E-state index is 0.199. The Kier molecular flexibility index (Phi) is 4.03. The molecule has 0 saturated heterocycles. The highest BCUT2D eigenvalue weighted by Gasteiger charge is 2.39. The summed E-state index contributed by atoms with van der Waals surface area (Å²) >= 11 is 0. The van der Waals surface area contributed by atoms with Gasteiger partial charge >= 0.3 is 0 Å². The van der Waals surface area contributed by atoms with Gasteiger partial charge in [-0.2, -0.15) is 0 Å². The van der Waals surface area contributed by atoms with Gasteiger partial charge in [0.2, 0.25) is 0 Å². The van der Waals surface area contributed by atoms with Crippen LogP contribution in [0.4, 0.5) is 0 Å². The molecule has 0 N–H and O–H groups in total. The molecule has 16 heavy (non-hydrogen) atoms. The van der Waals surface area contributed by atoms with Gasteiger partial charge in [0, 0.05) is 7.11 Å². The summed E-state index contributed by atoms with van der Waals surface area (Å²) in [5.74, 6) is 0. The van der Waals surface area contributed by atoms with Crippen LogP contribution in [0.15, 0.2) is 23.5 Å². The Bertz CT molecular complexity index is 288. The van der Waals surface area contributed by atoms with Crippen LogP contribution in [0, 0.1) is 0 Å². The second kappa shape index (κ2) is 4.63. The van der Waals surface area contributed by atoms with E-state index in [-0.39, 0.29) is 14.0 Å². The van der Waals surface area contributed by atoms with Crippen molar-refractivity contribution in [2.75, 3.05) is 7.11 Å². The summed E-state index contributed by atoms with van der Waals surface area (Å²) in [7, 11) is 1.58. The fraction of sp³-hybridized carbons (Fsp3) is 0.714. The van der Waals surface area contributed by atoms with Crippen LogP contribution in [-0.4, -0.2) is 23.5 Å². The minimum Gasteiger partial charge on any atom is -0.373 e. The molecular weight excluding hydrogens is 215 g/mol. The van der Waals surface area contributed by atoms with Crippen molar-refractivity contribution >= 4 is 7.92 Å². The second-order valence-electron chi connectivity index (χ2n) is 6.31. The molecular formula is C14H25OP. The molecule has 0 amide bonds. The standard InChI is InChI=1S/C14H25OP/c1-13(2,3)16(14(4,5)6)12-10-8-9-11(12)15-7/h8-11H,1-7H3. The van der Waals surface area contributed by atoms with Crippen LogP contribution in [-0.2, 0) is 4.74 Å². The van der Waals surface area contributed by atoms with Gasteiger partial charge in [-0.3, -0.25) is 0 Å². The highest BCUT2D eigenvalue weighted by molar-refractivity contribution is 7.65. The van der Waals surface area contributed by atoms with E-state index in [9.17, 15) is 0 Å². The third kappa shape index (κ3) is 2.96. The lowest BCUT2D eigenvalue weighted by atomic mass is 10.2. The van der Waals surface area contributed by atoms with Crippen molar-refractivity contribution < 1.29 is 4.74 Å². The van der Waals surface area contributed by atoms with E-state index >= 15 is 0 Å². The van der Waals surface area contributed by atoms with Crippen molar-refractivity contribution in [2.24, 2.45) is 0 Å². The molecule has 1 atom stereocenters. The van der Waals surface area contributed by atoms with Gasteiger partial charge in [0.15, 0.2) is 0 Å². The van der Waals surface area contributed by atoms with Crippen LogP contribution in [0.3, 0.4) is 0 Å². The molecule has 0 aromatic carbocycles. The van der Waals surface area contributed by atoms with E-state index in [1.807, 2.05) is 0 Å². The van der Waals surface area contributed by atoms with E-state index in [4.69, 9.17) is 4.74 Å². The molecule has 2 heteroatoms. The lowest BCUT2D eigenvalue weighted by molar-refractivity contribution is 0.176. The first-order valence-corrected chi connectivity index (χ1v) is 7.23. The van der Waals surface area contributed by atoms with Crippen LogP contribution in [0.2, 0.25) is 0 Å². The molecule has 1 aliphatic rings. The van der Waals surface area contributed by atoms with Crippen LogP contribution in [0.25, 0.3) is 0 Å². The van der Waals surface area contributed by atoms with Crippen molar-refractivity contribution in [1.29, 1.82) is 0 Å². The Morgan fingerprint density at radius 2 is 1.56 bits per heavy atom. The van der Waals surface area contributed by atoms with E-state index in [1.165, 1.54) is 5.31 Å². The fourth-order valence-corrected chi connectivity index (χ4v) is 6.87. The molecule has 0 aliphatic heterocycles. The molecule has 0 spiro atoms. The van der Waals surface area contributed by atoms with Crippen LogP contribution in [0.1, 0.15) is 41.5 Å². The normalized spacial score (nSPS) is 21.8.